The molecule has 1 aliphatic rings. The molecule has 0 saturated heterocycles. The molecule has 6 heteroatoms. The first-order valence-corrected chi connectivity index (χ1v) is 9.26. The number of anilines is 1. The molecule has 0 bridgehead atoms. The van der Waals surface area contributed by atoms with E-state index in [4.69, 9.17) is 9.72 Å². The summed E-state index contributed by atoms with van der Waals surface area (Å²) in [5.74, 6) is 1.33. The van der Waals surface area contributed by atoms with Crippen molar-refractivity contribution in [2.75, 3.05) is 19.0 Å². The number of pyridine rings is 2. The summed E-state index contributed by atoms with van der Waals surface area (Å²) in [4.78, 5) is 19.9. The maximum atomic E-state index is 5.96. The third-order valence-electron chi connectivity index (χ3n) is 4.72. The van der Waals surface area contributed by atoms with Gasteiger partial charge in [0.25, 0.3) is 0 Å². The van der Waals surface area contributed by atoms with E-state index in [2.05, 4.69) is 15.0 Å². The van der Waals surface area contributed by atoms with Gasteiger partial charge in [-0.2, -0.15) is 0 Å². The molecule has 0 aliphatic heterocycles. The Morgan fingerprint density at radius 1 is 1.04 bits per heavy atom. The monoisotopic (exact) mass is 361 g/mol. The zero-order valence-corrected chi connectivity index (χ0v) is 15.7. The fourth-order valence-electron chi connectivity index (χ4n) is 3.33. The van der Waals surface area contributed by atoms with Crippen molar-refractivity contribution in [3.05, 3.63) is 59.8 Å². The van der Waals surface area contributed by atoms with Crippen molar-refractivity contribution in [2.45, 2.75) is 32.3 Å². The van der Waals surface area contributed by atoms with E-state index in [9.17, 15) is 0 Å². The van der Waals surface area contributed by atoms with Gasteiger partial charge in [-0.1, -0.05) is 6.07 Å². The molecule has 0 atom stereocenters. The van der Waals surface area contributed by atoms with Crippen LogP contribution in [0.4, 0.5) is 5.95 Å². The van der Waals surface area contributed by atoms with E-state index in [1.54, 1.807) is 6.20 Å². The van der Waals surface area contributed by atoms with Gasteiger partial charge in [-0.3, -0.25) is 4.98 Å². The molecular formula is C21H23N5O. The van der Waals surface area contributed by atoms with Crippen LogP contribution in [0.25, 0.3) is 11.1 Å². The van der Waals surface area contributed by atoms with E-state index in [0.29, 0.717) is 18.4 Å². The highest BCUT2D eigenvalue weighted by Gasteiger charge is 2.19. The van der Waals surface area contributed by atoms with E-state index >= 15 is 0 Å². The van der Waals surface area contributed by atoms with Crippen molar-refractivity contribution < 1.29 is 4.74 Å². The van der Waals surface area contributed by atoms with E-state index in [-0.39, 0.29) is 0 Å². The standard InChI is InChI=1S/C21H23N5O/c1-26(2)21-23-12-15(13-24-21)18-11-20(25-19-9-4-3-8-17(18)19)27-14-16-7-5-6-10-22-16/h5-7,10-13H,3-4,8-9,14H2,1-2H3. The predicted molar refractivity (Wildman–Crippen MR) is 105 cm³/mol. The highest BCUT2D eigenvalue weighted by atomic mass is 16.5. The lowest BCUT2D eigenvalue weighted by molar-refractivity contribution is 0.288. The molecule has 3 aromatic heterocycles. The van der Waals surface area contributed by atoms with Crippen LogP contribution in [0.1, 0.15) is 29.8 Å². The largest absolute Gasteiger partial charge is 0.471 e. The van der Waals surface area contributed by atoms with Gasteiger partial charge < -0.3 is 9.64 Å². The molecular weight excluding hydrogens is 338 g/mol. The van der Waals surface area contributed by atoms with Crippen molar-refractivity contribution in [2.24, 2.45) is 0 Å². The molecule has 138 valence electrons. The Morgan fingerprint density at radius 2 is 1.85 bits per heavy atom. The van der Waals surface area contributed by atoms with Crippen LogP contribution in [0, 0.1) is 0 Å². The second-order valence-corrected chi connectivity index (χ2v) is 6.92. The lowest BCUT2D eigenvalue weighted by Crippen LogP contribution is -2.13. The number of fused-ring (bicyclic) bond motifs is 1. The molecule has 0 unspecified atom stereocenters. The third-order valence-corrected chi connectivity index (χ3v) is 4.72. The van der Waals surface area contributed by atoms with Crippen molar-refractivity contribution in [3.8, 4) is 17.0 Å². The molecule has 27 heavy (non-hydrogen) atoms. The average Bonchev–Trinajstić information content (AvgIpc) is 2.72. The molecule has 0 amide bonds. The molecule has 1 aliphatic carbocycles. The van der Waals surface area contributed by atoms with Crippen LogP contribution in [-0.2, 0) is 19.4 Å². The molecule has 0 fully saturated rings. The summed E-state index contributed by atoms with van der Waals surface area (Å²) in [7, 11) is 3.87. The normalized spacial score (nSPS) is 13.1. The van der Waals surface area contributed by atoms with Crippen LogP contribution in [0.3, 0.4) is 0 Å². The van der Waals surface area contributed by atoms with Gasteiger partial charge in [0, 0.05) is 50.0 Å². The van der Waals surface area contributed by atoms with Crippen LogP contribution in [0.5, 0.6) is 5.88 Å². The van der Waals surface area contributed by atoms with Crippen LogP contribution >= 0.6 is 0 Å². The van der Waals surface area contributed by atoms with Crippen molar-refractivity contribution >= 4 is 5.95 Å². The molecule has 0 N–H and O–H groups in total. The fraction of sp³-hybridized carbons (Fsp3) is 0.333. The molecule has 0 aromatic carbocycles. The summed E-state index contributed by atoms with van der Waals surface area (Å²) in [5, 5.41) is 0. The summed E-state index contributed by atoms with van der Waals surface area (Å²) in [6.45, 7) is 0.405. The maximum Gasteiger partial charge on any atom is 0.224 e. The van der Waals surface area contributed by atoms with Crippen molar-refractivity contribution in [1.29, 1.82) is 0 Å². The minimum atomic E-state index is 0.405. The van der Waals surface area contributed by atoms with Gasteiger partial charge in [0.15, 0.2) is 0 Å². The lowest BCUT2D eigenvalue weighted by atomic mass is 9.90. The molecule has 6 nitrogen and oxygen atoms in total. The second-order valence-electron chi connectivity index (χ2n) is 6.92. The van der Waals surface area contributed by atoms with Gasteiger partial charge in [-0.25, -0.2) is 15.0 Å². The van der Waals surface area contributed by atoms with Crippen LogP contribution in [-0.4, -0.2) is 34.0 Å². The smallest absolute Gasteiger partial charge is 0.224 e. The summed E-state index contributed by atoms with van der Waals surface area (Å²) >= 11 is 0. The van der Waals surface area contributed by atoms with E-state index in [1.165, 1.54) is 18.4 Å². The maximum absolute atomic E-state index is 5.96. The quantitative estimate of drug-likeness (QED) is 0.693. The number of rotatable bonds is 5. The molecule has 0 radical (unpaired) electrons. The van der Waals surface area contributed by atoms with Gasteiger partial charge in [0.1, 0.15) is 6.61 Å². The molecule has 3 heterocycles. The van der Waals surface area contributed by atoms with E-state index < -0.39 is 0 Å². The number of aromatic nitrogens is 4. The minimum absolute atomic E-state index is 0.405. The number of nitrogens with zero attached hydrogens (tertiary/aromatic N) is 5. The summed E-state index contributed by atoms with van der Waals surface area (Å²) < 4.78 is 5.96. The van der Waals surface area contributed by atoms with E-state index in [1.807, 2.05) is 55.7 Å². The van der Waals surface area contributed by atoms with Crippen molar-refractivity contribution in [1.82, 2.24) is 19.9 Å². The number of hydrogen-bond acceptors (Lipinski definition) is 6. The number of hydrogen-bond donors (Lipinski definition) is 0. The molecule has 4 rings (SSSR count). The molecule has 3 aromatic rings. The Hall–Kier alpha value is -3.02. The van der Waals surface area contributed by atoms with Gasteiger partial charge in [-0.15, -0.1) is 0 Å². The Labute approximate surface area is 159 Å². The molecule has 0 spiro atoms. The molecule has 0 saturated carbocycles. The first kappa shape index (κ1) is 17.4. The highest BCUT2D eigenvalue weighted by molar-refractivity contribution is 5.68. The predicted octanol–water partition coefficient (Wildman–Crippen LogP) is 3.46. The minimum Gasteiger partial charge on any atom is -0.471 e. The van der Waals surface area contributed by atoms with E-state index in [0.717, 1.165) is 35.4 Å². The Morgan fingerprint density at radius 3 is 2.59 bits per heavy atom. The van der Waals surface area contributed by atoms with Gasteiger partial charge >= 0.3 is 0 Å². The Kier molecular flexibility index (Phi) is 4.96. The lowest BCUT2D eigenvalue weighted by Gasteiger charge is -2.20. The fourth-order valence-corrected chi connectivity index (χ4v) is 3.33. The Bertz CT molecular complexity index is 910. The van der Waals surface area contributed by atoms with Crippen LogP contribution in [0.15, 0.2) is 42.9 Å². The topological polar surface area (TPSA) is 64.0 Å². The van der Waals surface area contributed by atoms with Gasteiger partial charge in [-0.05, 0) is 48.9 Å². The van der Waals surface area contributed by atoms with Gasteiger partial charge in [0.05, 0.1) is 5.69 Å². The summed E-state index contributed by atoms with van der Waals surface area (Å²) in [5.41, 5.74) is 5.45. The van der Waals surface area contributed by atoms with Gasteiger partial charge in [0.2, 0.25) is 11.8 Å². The average molecular weight is 361 g/mol. The van der Waals surface area contributed by atoms with Crippen LogP contribution < -0.4 is 9.64 Å². The zero-order chi connectivity index (χ0) is 18.6. The van der Waals surface area contributed by atoms with Crippen LogP contribution in [0.2, 0.25) is 0 Å². The number of ether oxygens (including phenoxy) is 1. The second kappa shape index (κ2) is 7.70. The first-order valence-electron chi connectivity index (χ1n) is 9.26. The SMILES string of the molecule is CN(C)c1ncc(-c2cc(OCc3ccccn3)nc3c2CCCC3)cn1. The Balaban J connectivity index is 1.67. The first-order chi connectivity index (χ1) is 13.2. The highest BCUT2D eigenvalue weighted by Crippen LogP contribution is 2.33. The third kappa shape index (κ3) is 3.89. The zero-order valence-electron chi connectivity index (χ0n) is 15.7. The summed E-state index contributed by atoms with van der Waals surface area (Å²) in [6, 6.07) is 7.82. The number of aryl methyl sites for hydroxylation is 1. The van der Waals surface area contributed by atoms with Crippen molar-refractivity contribution in [3.63, 3.8) is 0 Å². The summed E-state index contributed by atoms with van der Waals surface area (Å²) in [6.07, 6.45) is 9.91.